The summed E-state index contributed by atoms with van der Waals surface area (Å²) in [6, 6.07) is 55.1. The number of rotatable bonds is 8. The monoisotopic (exact) mass is 791 g/mol. The lowest BCUT2D eigenvalue weighted by molar-refractivity contribution is 0.326. The maximum Gasteiger partial charge on any atom is 0.145 e. The number of aromatic nitrogens is 3. The molecule has 0 bridgehead atoms. The third-order valence-electron chi connectivity index (χ3n) is 13.3. The summed E-state index contributed by atoms with van der Waals surface area (Å²) in [6.07, 6.45) is 8.33. The van der Waals surface area contributed by atoms with Crippen molar-refractivity contribution in [2.24, 2.45) is 5.41 Å². The van der Waals surface area contributed by atoms with Crippen LogP contribution in [0.4, 0.5) is 0 Å². The van der Waals surface area contributed by atoms with E-state index in [9.17, 15) is 0 Å². The number of hydrogen-bond donors (Lipinski definition) is 0. The van der Waals surface area contributed by atoms with E-state index in [1.165, 1.54) is 55.5 Å². The second-order valence-electron chi connectivity index (χ2n) is 18.1. The van der Waals surface area contributed by atoms with Crippen molar-refractivity contribution in [3.8, 4) is 50.7 Å². The van der Waals surface area contributed by atoms with Gasteiger partial charge in [0.2, 0.25) is 0 Å². The Morgan fingerprint density at radius 3 is 1.93 bits per heavy atom. The minimum Gasteiger partial charge on any atom is -0.457 e. The first-order valence-corrected chi connectivity index (χ1v) is 21.9. The van der Waals surface area contributed by atoms with E-state index in [2.05, 4.69) is 160 Å². The second-order valence-corrected chi connectivity index (χ2v) is 18.1. The van der Waals surface area contributed by atoms with Gasteiger partial charge in [-0.05, 0) is 165 Å². The zero-order valence-corrected chi connectivity index (χ0v) is 35.3. The van der Waals surface area contributed by atoms with Gasteiger partial charge in [-0.2, -0.15) is 0 Å². The fraction of sp³-hybridized carbons (Fsp3) is 0.193. The van der Waals surface area contributed by atoms with Gasteiger partial charge in [0.15, 0.2) is 0 Å². The summed E-state index contributed by atoms with van der Waals surface area (Å²) in [5.41, 5.74) is 19.0. The van der Waals surface area contributed by atoms with Crippen molar-refractivity contribution in [3.05, 3.63) is 197 Å². The van der Waals surface area contributed by atoms with Crippen LogP contribution in [0.5, 0.6) is 11.5 Å². The lowest BCUT2D eigenvalue weighted by atomic mass is 9.82. The van der Waals surface area contributed by atoms with E-state index in [1.54, 1.807) is 0 Å². The van der Waals surface area contributed by atoms with E-state index in [-0.39, 0.29) is 0 Å². The molecule has 0 atom stereocenters. The van der Waals surface area contributed by atoms with Crippen molar-refractivity contribution in [1.29, 1.82) is 0 Å². The SMILES string of the molecule is CC(C)c1cccc(C(C)C)c1-c1ccc2c(c1)c1cccnc1n2-c1cccc(Oc2cc(-c3ccc4c(c3)CC3(Cc5ccccc5C3)C4)cc(-c3ccccn3)c2)c1. The van der Waals surface area contributed by atoms with E-state index in [1.807, 2.05) is 36.7 Å². The Hall–Kier alpha value is -6.78. The quantitative estimate of drug-likeness (QED) is 0.154. The molecular weight excluding hydrogens is 743 g/mol. The highest BCUT2D eigenvalue weighted by molar-refractivity contribution is 6.09. The van der Waals surface area contributed by atoms with E-state index in [0.717, 1.165) is 76.2 Å². The summed E-state index contributed by atoms with van der Waals surface area (Å²) in [5, 5.41) is 2.31. The lowest BCUT2D eigenvalue weighted by Crippen LogP contribution is -2.21. The molecule has 4 nitrogen and oxygen atoms in total. The first-order valence-electron chi connectivity index (χ1n) is 21.9. The summed E-state index contributed by atoms with van der Waals surface area (Å²) in [7, 11) is 0. The third kappa shape index (κ3) is 6.62. The van der Waals surface area contributed by atoms with Gasteiger partial charge in [-0.1, -0.05) is 107 Å². The molecule has 0 amide bonds. The van der Waals surface area contributed by atoms with Gasteiger partial charge < -0.3 is 4.74 Å². The van der Waals surface area contributed by atoms with E-state index in [0.29, 0.717) is 17.3 Å². The Morgan fingerprint density at radius 1 is 0.492 bits per heavy atom. The maximum absolute atomic E-state index is 6.86. The second kappa shape index (κ2) is 14.7. The molecule has 0 radical (unpaired) electrons. The summed E-state index contributed by atoms with van der Waals surface area (Å²) < 4.78 is 9.13. The molecule has 298 valence electrons. The molecule has 3 aromatic heterocycles. The molecule has 0 fully saturated rings. The molecule has 0 unspecified atom stereocenters. The summed E-state index contributed by atoms with van der Waals surface area (Å²) >= 11 is 0. The Bertz CT molecular complexity index is 3090. The highest BCUT2D eigenvalue weighted by atomic mass is 16.5. The van der Waals surface area contributed by atoms with Crippen LogP contribution in [-0.4, -0.2) is 14.5 Å². The van der Waals surface area contributed by atoms with Crippen LogP contribution < -0.4 is 4.74 Å². The van der Waals surface area contributed by atoms with Gasteiger partial charge in [0.1, 0.15) is 17.1 Å². The molecule has 2 aliphatic rings. The molecule has 6 aromatic carbocycles. The highest BCUT2D eigenvalue weighted by Crippen LogP contribution is 2.48. The fourth-order valence-electron chi connectivity index (χ4n) is 10.5. The highest BCUT2D eigenvalue weighted by Gasteiger charge is 2.42. The first-order chi connectivity index (χ1) is 29.8. The van der Waals surface area contributed by atoms with Crippen LogP contribution in [-0.2, 0) is 25.7 Å². The maximum atomic E-state index is 6.86. The van der Waals surface area contributed by atoms with Crippen molar-refractivity contribution >= 4 is 21.9 Å². The average Bonchev–Trinajstić information content (AvgIpc) is 3.95. The van der Waals surface area contributed by atoms with E-state index >= 15 is 0 Å². The summed E-state index contributed by atoms with van der Waals surface area (Å²) in [4.78, 5) is 9.72. The Labute approximate surface area is 358 Å². The van der Waals surface area contributed by atoms with Crippen LogP contribution in [0.1, 0.15) is 72.9 Å². The molecule has 0 saturated heterocycles. The van der Waals surface area contributed by atoms with Gasteiger partial charge in [-0.3, -0.25) is 9.55 Å². The van der Waals surface area contributed by atoms with Crippen molar-refractivity contribution in [2.75, 3.05) is 0 Å². The Morgan fingerprint density at radius 2 is 1.18 bits per heavy atom. The van der Waals surface area contributed by atoms with Gasteiger partial charge >= 0.3 is 0 Å². The summed E-state index contributed by atoms with van der Waals surface area (Å²) in [6.45, 7) is 9.16. The number of benzene rings is 6. The third-order valence-corrected chi connectivity index (χ3v) is 13.3. The van der Waals surface area contributed by atoms with Crippen molar-refractivity contribution in [3.63, 3.8) is 0 Å². The fourth-order valence-corrected chi connectivity index (χ4v) is 10.5. The normalized spacial score (nSPS) is 14.1. The van der Waals surface area contributed by atoms with Gasteiger partial charge in [0.05, 0.1) is 16.9 Å². The van der Waals surface area contributed by atoms with Gasteiger partial charge in [0.25, 0.3) is 0 Å². The molecule has 0 aliphatic heterocycles. The minimum absolute atomic E-state index is 0.296. The molecule has 9 aromatic rings. The average molecular weight is 792 g/mol. The topological polar surface area (TPSA) is 39.9 Å². The standard InChI is InChI=1S/C57H49N3O/c1-36(2)49-16-10-17-50(37(3)4)55(49)39-22-23-54-52(30-39)51-18-11-25-59-56(51)60(54)46-14-9-15-47(31-46)61-48-28-43(27-44(29-48)53-19-7-8-24-58-53)38-20-21-42-34-57(35-45(42)26-38)32-40-12-5-6-13-41(40)33-57/h5-31,36-37H,32-35H2,1-4H3. The van der Waals surface area contributed by atoms with Crippen molar-refractivity contribution in [1.82, 2.24) is 14.5 Å². The minimum atomic E-state index is 0.296. The molecular formula is C57H49N3O. The van der Waals surface area contributed by atoms with Gasteiger partial charge in [-0.15, -0.1) is 0 Å². The molecule has 11 rings (SSSR count). The number of hydrogen-bond acceptors (Lipinski definition) is 3. The lowest BCUT2D eigenvalue weighted by Gasteiger charge is -2.21. The largest absolute Gasteiger partial charge is 0.457 e. The van der Waals surface area contributed by atoms with Gasteiger partial charge in [0, 0.05) is 34.8 Å². The van der Waals surface area contributed by atoms with Crippen LogP contribution in [0.2, 0.25) is 0 Å². The first kappa shape index (κ1) is 37.2. The molecule has 0 saturated carbocycles. The van der Waals surface area contributed by atoms with Gasteiger partial charge in [-0.25, -0.2) is 4.98 Å². The van der Waals surface area contributed by atoms with Crippen molar-refractivity contribution in [2.45, 2.75) is 65.2 Å². The molecule has 1 spiro atoms. The van der Waals surface area contributed by atoms with E-state index in [4.69, 9.17) is 14.7 Å². The number of pyridine rings is 2. The van der Waals surface area contributed by atoms with Crippen LogP contribution in [0.3, 0.4) is 0 Å². The predicted octanol–water partition coefficient (Wildman–Crippen LogP) is 14.5. The molecule has 2 aliphatic carbocycles. The molecule has 0 N–H and O–H groups in total. The smallest absolute Gasteiger partial charge is 0.145 e. The zero-order valence-electron chi connectivity index (χ0n) is 35.3. The van der Waals surface area contributed by atoms with Crippen LogP contribution in [0, 0.1) is 5.41 Å². The predicted molar refractivity (Wildman–Crippen MR) is 251 cm³/mol. The summed E-state index contributed by atoms with van der Waals surface area (Å²) in [5.74, 6) is 2.35. The number of fused-ring (bicyclic) bond motifs is 5. The van der Waals surface area contributed by atoms with Crippen LogP contribution in [0.25, 0.3) is 61.1 Å². The Balaban J connectivity index is 0.963. The number of nitrogens with zero attached hydrogens (tertiary/aromatic N) is 3. The van der Waals surface area contributed by atoms with Crippen molar-refractivity contribution < 1.29 is 4.74 Å². The zero-order chi connectivity index (χ0) is 41.2. The van der Waals surface area contributed by atoms with Crippen LogP contribution in [0.15, 0.2) is 164 Å². The Kier molecular flexibility index (Phi) is 9.00. The van der Waals surface area contributed by atoms with Crippen LogP contribution >= 0.6 is 0 Å². The number of ether oxygens (including phenoxy) is 1. The molecule has 4 heteroatoms. The molecule has 3 heterocycles. The van der Waals surface area contributed by atoms with E-state index < -0.39 is 0 Å². The molecule has 61 heavy (non-hydrogen) atoms.